The molecule has 0 radical (unpaired) electrons. The summed E-state index contributed by atoms with van der Waals surface area (Å²) >= 11 is 0. The van der Waals surface area contributed by atoms with Crippen molar-refractivity contribution < 1.29 is 9.90 Å². The fraction of sp³-hybridized carbons (Fsp3) is 0.125. The van der Waals surface area contributed by atoms with E-state index in [9.17, 15) is 9.90 Å². The second-order valence-corrected chi connectivity index (χ2v) is 5.30. The number of aryl methyl sites for hydroxylation is 1. The summed E-state index contributed by atoms with van der Waals surface area (Å²) < 4.78 is 1.67. The number of carbonyl (C=O) groups is 1. The molecule has 0 saturated heterocycles. The molecule has 2 aromatic heterocycles. The van der Waals surface area contributed by atoms with Crippen molar-refractivity contribution in [1.82, 2.24) is 9.38 Å². The molecule has 0 atom stereocenters. The topological polar surface area (TPSA) is 107 Å². The number of nitrogens with two attached hydrogens (primary N) is 2. The number of imidazole rings is 1. The minimum atomic E-state index is -0.576. The summed E-state index contributed by atoms with van der Waals surface area (Å²) in [6, 6.07) is 5.16. The van der Waals surface area contributed by atoms with Crippen LogP contribution < -0.4 is 11.5 Å². The molecule has 112 valence electrons. The first-order valence-electron chi connectivity index (χ1n) is 6.76. The number of fused-ring (bicyclic) bond motifs is 1. The number of rotatable bonds is 2. The maximum atomic E-state index is 11.7. The number of carbonyl (C=O) groups excluding carboxylic acids is 1. The predicted molar refractivity (Wildman–Crippen MR) is 84.7 cm³/mol. The highest BCUT2D eigenvalue weighted by molar-refractivity contribution is 6.00. The Morgan fingerprint density at radius 2 is 2.00 bits per heavy atom. The number of phenols is 1. The monoisotopic (exact) mass is 296 g/mol. The zero-order chi connectivity index (χ0) is 16.0. The van der Waals surface area contributed by atoms with Crippen molar-refractivity contribution in [1.29, 1.82) is 0 Å². The lowest BCUT2D eigenvalue weighted by molar-refractivity contribution is 0.100. The van der Waals surface area contributed by atoms with E-state index < -0.39 is 5.91 Å². The van der Waals surface area contributed by atoms with E-state index in [2.05, 4.69) is 4.98 Å². The van der Waals surface area contributed by atoms with E-state index >= 15 is 0 Å². The van der Waals surface area contributed by atoms with Gasteiger partial charge in [0, 0.05) is 6.20 Å². The Morgan fingerprint density at radius 3 is 2.68 bits per heavy atom. The Balaban J connectivity index is 2.38. The van der Waals surface area contributed by atoms with Gasteiger partial charge in [0.2, 0.25) is 0 Å². The van der Waals surface area contributed by atoms with Gasteiger partial charge in [-0.25, -0.2) is 4.98 Å². The normalized spacial score (nSPS) is 11.0. The Hall–Kier alpha value is -3.02. The molecule has 0 aliphatic carbocycles. The molecular formula is C16H16N4O2. The SMILES string of the molecule is Cc1ccc(O)c(C)c1-c1cc(C(N)=O)c2nc(N)cn2c1. The molecule has 0 aliphatic heterocycles. The third-order valence-corrected chi connectivity index (χ3v) is 3.77. The third-order valence-electron chi connectivity index (χ3n) is 3.77. The summed E-state index contributed by atoms with van der Waals surface area (Å²) in [7, 11) is 0. The first-order chi connectivity index (χ1) is 10.4. The van der Waals surface area contributed by atoms with Crippen molar-refractivity contribution >= 4 is 17.4 Å². The van der Waals surface area contributed by atoms with E-state index in [0.29, 0.717) is 11.5 Å². The number of phenolic OH excluding ortho intramolecular Hbond substituents is 1. The van der Waals surface area contributed by atoms with Crippen LogP contribution >= 0.6 is 0 Å². The highest BCUT2D eigenvalue weighted by Crippen LogP contribution is 2.33. The zero-order valence-electron chi connectivity index (χ0n) is 12.3. The predicted octanol–water partition coefficient (Wildman–Crippen LogP) is 2.00. The average Bonchev–Trinajstić information content (AvgIpc) is 2.82. The summed E-state index contributed by atoms with van der Waals surface area (Å²) in [6.07, 6.45) is 3.44. The maximum absolute atomic E-state index is 11.7. The third kappa shape index (κ3) is 2.05. The van der Waals surface area contributed by atoms with Crippen LogP contribution in [0.4, 0.5) is 5.82 Å². The zero-order valence-corrected chi connectivity index (χ0v) is 12.3. The number of nitrogen functional groups attached to an aromatic ring is 1. The quantitative estimate of drug-likeness (QED) is 0.672. The summed E-state index contributed by atoms with van der Waals surface area (Å²) in [6.45, 7) is 3.77. The van der Waals surface area contributed by atoms with Gasteiger partial charge in [-0.2, -0.15) is 0 Å². The van der Waals surface area contributed by atoms with Crippen molar-refractivity contribution in [3.8, 4) is 16.9 Å². The number of nitrogens with zero attached hydrogens (tertiary/aromatic N) is 2. The van der Waals surface area contributed by atoms with Gasteiger partial charge in [-0.1, -0.05) is 6.07 Å². The lowest BCUT2D eigenvalue weighted by atomic mass is 9.95. The van der Waals surface area contributed by atoms with E-state index in [0.717, 1.165) is 22.3 Å². The fourth-order valence-electron chi connectivity index (χ4n) is 2.72. The Morgan fingerprint density at radius 1 is 1.27 bits per heavy atom. The van der Waals surface area contributed by atoms with Crippen LogP contribution in [0.2, 0.25) is 0 Å². The molecular weight excluding hydrogens is 280 g/mol. The molecule has 0 unspecified atom stereocenters. The molecule has 1 amide bonds. The molecule has 0 aliphatic rings. The van der Waals surface area contributed by atoms with Gasteiger partial charge in [-0.05, 0) is 48.2 Å². The second kappa shape index (κ2) is 4.77. The number of benzene rings is 1. The van der Waals surface area contributed by atoms with Gasteiger partial charge in [-0.15, -0.1) is 0 Å². The lowest BCUT2D eigenvalue weighted by Gasteiger charge is -2.13. The number of amides is 1. The van der Waals surface area contributed by atoms with E-state index in [1.165, 1.54) is 0 Å². The van der Waals surface area contributed by atoms with Crippen molar-refractivity contribution in [2.45, 2.75) is 13.8 Å². The van der Waals surface area contributed by atoms with E-state index in [-0.39, 0.29) is 11.3 Å². The summed E-state index contributed by atoms with van der Waals surface area (Å²) in [5.74, 6) is -0.0663. The van der Waals surface area contributed by atoms with Gasteiger partial charge < -0.3 is 21.0 Å². The lowest BCUT2D eigenvalue weighted by Crippen LogP contribution is -2.13. The van der Waals surface area contributed by atoms with Crippen LogP contribution in [-0.2, 0) is 0 Å². The average molecular weight is 296 g/mol. The number of anilines is 1. The number of hydrogen-bond donors (Lipinski definition) is 3. The second-order valence-electron chi connectivity index (χ2n) is 5.30. The van der Waals surface area contributed by atoms with Gasteiger partial charge in [0.15, 0.2) is 5.65 Å². The van der Waals surface area contributed by atoms with Crippen LogP contribution in [-0.4, -0.2) is 20.4 Å². The van der Waals surface area contributed by atoms with E-state index in [4.69, 9.17) is 11.5 Å². The number of aromatic hydroxyl groups is 1. The smallest absolute Gasteiger partial charge is 0.252 e. The molecule has 1 aromatic carbocycles. The van der Waals surface area contributed by atoms with Crippen LogP contribution in [0.5, 0.6) is 5.75 Å². The maximum Gasteiger partial charge on any atom is 0.252 e. The summed E-state index contributed by atoms with van der Waals surface area (Å²) in [5, 5.41) is 9.95. The number of primary amides is 1. The molecule has 2 heterocycles. The van der Waals surface area contributed by atoms with Gasteiger partial charge in [0.25, 0.3) is 5.91 Å². The van der Waals surface area contributed by atoms with E-state index in [1.54, 1.807) is 22.7 Å². The molecule has 6 nitrogen and oxygen atoms in total. The summed E-state index contributed by atoms with van der Waals surface area (Å²) in [5.41, 5.74) is 15.2. The highest BCUT2D eigenvalue weighted by Gasteiger charge is 2.16. The molecule has 22 heavy (non-hydrogen) atoms. The van der Waals surface area contributed by atoms with Crippen LogP contribution in [0.25, 0.3) is 16.8 Å². The molecule has 3 aromatic rings. The first kappa shape index (κ1) is 13.9. The number of hydrogen-bond acceptors (Lipinski definition) is 4. The summed E-state index contributed by atoms with van der Waals surface area (Å²) in [4.78, 5) is 15.8. The molecule has 6 heteroatoms. The molecule has 0 spiro atoms. The molecule has 0 bridgehead atoms. The standard InChI is InChI=1S/C16H16N4O2/c1-8-3-4-12(21)9(2)14(8)10-5-11(15(18)22)16-19-13(17)7-20(16)6-10/h3-7,21H,17H2,1-2H3,(H2,18,22). The van der Waals surface area contributed by atoms with Crippen LogP contribution in [0.3, 0.4) is 0 Å². The largest absolute Gasteiger partial charge is 0.508 e. The minimum absolute atomic E-state index is 0.200. The highest BCUT2D eigenvalue weighted by atomic mass is 16.3. The number of aromatic nitrogens is 2. The van der Waals surface area contributed by atoms with Gasteiger partial charge in [0.05, 0.1) is 11.8 Å². The Kier molecular flexibility index (Phi) is 3.02. The van der Waals surface area contributed by atoms with Gasteiger partial charge in [0.1, 0.15) is 11.6 Å². The number of pyridine rings is 1. The molecule has 5 N–H and O–H groups in total. The fourth-order valence-corrected chi connectivity index (χ4v) is 2.72. The Bertz CT molecular complexity index is 912. The van der Waals surface area contributed by atoms with Gasteiger partial charge in [-0.3, -0.25) is 4.79 Å². The van der Waals surface area contributed by atoms with E-state index in [1.807, 2.05) is 26.1 Å². The molecule has 0 saturated carbocycles. The van der Waals surface area contributed by atoms with Crippen molar-refractivity contribution in [2.24, 2.45) is 5.73 Å². The van der Waals surface area contributed by atoms with Crippen LogP contribution in [0, 0.1) is 13.8 Å². The van der Waals surface area contributed by atoms with Crippen molar-refractivity contribution in [2.75, 3.05) is 5.73 Å². The minimum Gasteiger partial charge on any atom is -0.508 e. The first-order valence-corrected chi connectivity index (χ1v) is 6.76. The van der Waals surface area contributed by atoms with Gasteiger partial charge >= 0.3 is 0 Å². The van der Waals surface area contributed by atoms with Crippen LogP contribution in [0.15, 0.2) is 30.6 Å². The molecule has 3 rings (SSSR count). The Labute approximate surface area is 127 Å². The van der Waals surface area contributed by atoms with Crippen LogP contribution in [0.1, 0.15) is 21.5 Å². The van der Waals surface area contributed by atoms with Crippen molar-refractivity contribution in [3.63, 3.8) is 0 Å². The molecule has 0 fully saturated rings. The van der Waals surface area contributed by atoms with Crippen molar-refractivity contribution in [3.05, 3.63) is 47.3 Å².